The molecule has 1 unspecified atom stereocenters. The summed E-state index contributed by atoms with van der Waals surface area (Å²) in [4.78, 5) is 24.2. The van der Waals surface area contributed by atoms with Gasteiger partial charge in [-0.05, 0) is 18.4 Å². The lowest BCUT2D eigenvalue weighted by molar-refractivity contribution is -0.127. The van der Waals surface area contributed by atoms with Crippen molar-refractivity contribution >= 4 is 12.0 Å². The molecule has 4 N–H and O–H groups in total. The van der Waals surface area contributed by atoms with Crippen molar-refractivity contribution in [3.63, 3.8) is 0 Å². The van der Waals surface area contributed by atoms with Crippen LogP contribution in [0.25, 0.3) is 0 Å². The average molecular weight is 303 g/mol. The Kier molecular flexibility index (Phi) is 5.04. The van der Waals surface area contributed by atoms with Crippen molar-refractivity contribution in [3.8, 4) is 0 Å². The van der Waals surface area contributed by atoms with Crippen molar-refractivity contribution in [3.05, 3.63) is 47.7 Å². The summed E-state index contributed by atoms with van der Waals surface area (Å²) in [6.45, 7) is 0.155. The number of hydrogen-bond donors (Lipinski definition) is 3. The number of carbonyl (C=O) groups is 2. The Hall–Kier alpha value is -2.50. The van der Waals surface area contributed by atoms with Crippen molar-refractivity contribution < 1.29 is 14.3 Å². The quantitative estimate of drug-likeness (QED) is 0.784. The summed E-state index contributed by atoms with van der Waals surface area (Å²) in [5.74, 6) is -0.264. The van der Waals surface area contributed by atoms with E-state index in [1.807, 2.05) is 36.4 Å². The molecule has 0 saturated heterocycles. The number of nitrogens with one attached hydrogen (secondary N) is 2. The molecule has 0 heterocycles. The summed E-state index contributed by atoms with van der Waals surface area (Å²) in [6.07, 6.45) is 2.67. The van der Waals surface area contributed by atoms with Gasteiger partial charge in [-0.1, -0.05) is 36.4 Å². The molecule has 1 aromatic carbocycles. The smallest absolute Gasteiger partial charge is 0.408 e. The fourth-order valence-electron chi connectivity index (χ4n) is 2.56. The molecule has 1 atom stereocenters. The van der Waals surface area contributed by atoms with E-state index in [0.717, 1.165) is 5.56 Å². The number of benzene rings is 1. The predicted octanol–water partition coefficient (Wildman–Crippen LogP) is 1.42. The molecule has 0 radical (unpaired) electrons. The third kappa shape index (κ3) is 3.78. The molecule has 1 aliphatic rings. The SMILES string of the molecule is CNC(=O)C1(NC(=O)OCc2ccccc2)CCC=C(N)C1. The van der Waals surface area contributed by atoms with Crippen LogP contribution in [0.2, 0.25) is 0 Å². The van der Waals surface area contributed by atoms with E-state index in [0.29, 0.717) is 18.5 Å². The molecule has 6 nitrogen and oxygen atoms in total. The zero-order valence-corrected chi connectivity index (χ0v) is 12.6. The van der Waals surface area contributed by atoms with Gasteiger partial charge in [0.2, 0.25) is 5.91 Å². The number of allylic oxidation sites excluding steroid dienone is 1. The first kappa shape index (κ1) is 15.9. The third-order valence-corrected chi connectivity index (χ3v) is 3.70. The first-order valence-electron chi connectivity index (χ1n) is 7.21. The topological polar surface area (TPSA) is 93.5 Å². The number of alkyl carbamates (subject to hydrolysis) is 1. The molecule has 0 aromatic heterocycles. The number of carbonyl (C=O) groups excluding carboxylic acids is 2. The van der Waals surface area contributed by atoms with Crippen LogP contribution in [0, 0.1) is 0 Å². The molecule has 2 amide bonds. The van der Waals surface area contributed by atoms with Crippen LogP contribution in [0.15, 0.2) is 42.1 Å². The van der Waals surface area contributed by atoms with Gasteiger partial charge in [-0.3, -0.25) is 4.79 Å². The fourth-order valence-corrected chi connectivity index (χ4v) is 2.56. The van der Waals surface area contributed by atoms with Crippen LogP contribution in [-0.2, 0) is 16.1 Å². The van der Waals surface area contributed by atoms with Gasteiger partial charge in [-0.25, -0.2) is 4.79 Å². The lowest BCUT2D eigenvalue weighted by Crippen LogP contribution is -2.59. The van der Waals surface area contributed by atoms with Crippen LogP contribution in [0.1, 0.15) is 24.8 Å². The van der Waals surface area contributed by atoms with E-state index >= 15 is 0 Å². The molecule has 2 rings (SSSR count). The first-order chi connectivity index (χ1) is 10.6. The van der Waals surface area contributed by atoms with E-state index in [4.69, 9.17) is 10.5 Å². The second-order valence-electron chi connectivity index (χ2n) is 5.34. The lowest BCUT2D eigenvalue weighted by atomic mass is 9.83. The zero-order chi connectivity index (χ0) is 16.0. The first-order valence-corrected chi connectivity index (χ1v) is 7.21. The van der Waals surface area contributed by atoms with E-state index < -0.39 is 11.6 Å². The minimum atomic E-state index is -1.04. The molecule has 22 heavy (non-hydrogen) atoms. The maximum atomic E-state index is 12.2. The van der Waals surface area contributed by atoms with Gasteiger partial charge in [-0.15, -0.1) is 0 Å². The second-order valence-corrected chi connectivity index (χ2v) is 5.34. The highest BCUT2D eigenvalue weighted by atomic mass is 16.5. The van der Waals surface area contributed by atoms with Crippen LogP contribution in [0.3, 0.4) is 0 Å². The van der Waals surface area contributed by atoms with Gasteiger partial charge in [0.25, 0.3) is 0 Å². The van der Waals surface area contributed by atoms with Gasteiger partial charge in [0, 0.05) is 19.2 Å². The van der Waals surface area contributed by atoms with Gasteiger partial charge in [-0.2, -0.15) is 0 Å². The van der Waals surface area contributed by atoms with Crippen LogP contribution in [-0.4, -0.2) is 24.6 Å². The Morgan fingerprint density at radius 1 is 1.32 bits per heavy atom. The third-order valence-electron chi connectivity index (χ3n) is 3.70. The molecular weight excluding hydrogens is 282 g/mol. The standard InChI is InChI=1S/C16H21N3O3/c1-18-14(20)16(9-5-8-13(17)10-16)19-15(21)22-11-12-6-3-2-4-7-12/h2-4,6-8H,5,9-11,17H2,1H3,(H,18,20)(H,19,21). The maximum Gasteiger partial charge on any atom is 0.408 e. The van der Waals surface area contributed by atoms with Gasteiger partial charge < -0.3 is 21.1 Å². The van der Waals surface area contributed by atoms with Crippen molar-refractivity contribution in [1.29, 1.82) is 0 Å². The number of ether oxygens (including phenoxy) is 1. The van der Waals surface area contributed by atoms with Gasteiger partial charge >= 0.3 is 6.09 Å². The monoisotopic (exact) mass is 303 g/mol. The van der Waals surface area contributed by atoms with E-state index in [1.54, 1.807) is 0 Å². The highest BCUT2D eigenvalue weighted by molar-refractivity contribution is 5.90. The predicted molar refractivity (Wildman–Crippen MR) is 82.7 cm³/mol. The summed E-state index contributed by atoms with van der Waals surface area (Å²) in [5, 5.41) is 5.27. The summed E-state index contributed by atoms with van der Waals surface area (Å²) >= 11 is 0. The number of hydrogen-bond acceptors (Lipinski definition) is 4. The Morgan fingerprint density at radius 3 is 2.68 bits per heavy atom. The molecule has 1 aromatic rings. The second kappa shape index (κ2) is 6.98. The molecule has 6 heteroatoms. The minimum Gasteiger partial charge on any atom is -0.445 e. The van der Waals surface area contributed by atoms with E-state index in [-0.39, 0.29) is 18.9 Å². The van der Waals surface area contributed by atoms with Crippen LogP contribution >= 0.6 is 0 Å². The van der Waals surface area contributed by atoms with Crippen LogP contribution in [0.5, 0.6) is 0 Å². The number of likely N-dealkylation sites (N-methyl/N-ethyl adjacent to an activating group) is 1. The Balaban J connectivity index is 2.00. The zero-order valence-electron chi connectivity index (χ0n) is 12.6. The molecular formula is C16H21N3O3. The van der Waals surface area contributed by atoms with E-state index in [9.17, 15) is 9.59 Å². The molecule has 0 aliphatic heterocycles. The highest BCUT2D eigenvalue weighted by Gasteiger charge is 2.41. The summed E-state index contributed by atoms with van der Waals surface area (Å²) < 4.78 is 5.20. The molecule has 1 aliphatic carbocycles. The molecule has 0 bridgehead atoms. The Bertz CT molecular complexity index is 571. The Morgan fingerprint density at radius 2 is 2.05 bits per heavy atom. The molecule has 0 spiro atoms. The fraction of sp³-hybridized carbons (Fsp3) is 0.375. The minimum absolute atomic E-state index is 0.155. The largest absolute Gasteiger partial charge is 0.445 e. The molecule has 0 saturated carbocycles. The van der Waals surface area contributed by atoms with Crippen molar-refractivity contribution in [2.24, 2.45) is 5.73 Å². The average Bonchev–Trinajstić information content (AvgIpc) is 2.53. The van der Waals surface area contributed by atoms with Gasteiger partial charge in [0.1, 0.15) is 12.1 Å². The van der Waals surface area contributed by atoms with Crippen LogP contribution in [0.4, 0.5) is 4.79 Å². The van der Waals surface area contributed by atoms with Crippen molar-refractivity contribution in [2.75, 3.05) is 7.05 Å². The maximum absolute atomic E-state index is 12.2. The number of nitrogens with two attached hydrogens (primary N) is 1. The van der Waals surface area contributed by atoms with Crippen LogP contribution < -0.4 is 16.4 Å². The van der Waals surface area contributed by atoms with Gasteiger partial charge in [0.05, 0.1) is 0 Å². The number of rotatable bonds is 4. The highest BCUT2D eigenvalue weighted by Crippen LogP contribution is 2.26. The summed E-state index contributed by atoms with van der Waals surface area (Å²) in [5.41, 5.74) is 6.27. The van der Waals surface area contributed by atoms with Crippen molar-refractivity contribution in [1.82, 2.24) is 10.6 Å². The molecule has 118 valence electrons. The number of amides is 2. The van der Waals surface area contributed by atoms with E-state index in [1.165, 1.54) is 7.05 Å². The van der Waals surface area contributed by atoms with E-state index in [2.05, 4.69) is 10.6 Å². The summed E-state index contributed by atoms with van der Waals surface area (Å²) in [6, 6.07) is 9.36. The lowest BCUT2D eigenvalue weighted by Gasteiger charge is -2.34. The summed E-state index contributed by atoms with van der Waals surface area (Å²) in [7, 11) is 1.54. The van der Waals surface area contributed by atoms with Gasteiger partial charge in [0.15, 0.2) is 0 Å². The Labute approximate surface area is 129 Å². The molecule has 0 fully saturated rings. The van der Waals surface area contributed by atoms with Crippen molar-refractivity contribution in [2.45, 2.75) is 31.4 Å². The normalized spacial score (nSPS) is 20.7.